The number of likely N-dealkylation sites (tertiary alicyclic amines) is 1. The summed E-state index contributed by atoms with van der Waals surface area (Å²) in [5.74, 6) is 1.80. The summed E-state index contributed by atoms with van der Waals surface area (Å²) in [5.41, 5.74) is 2.55. The fraction of sp³-hybridized carbons (Fsp3) is 0.417. The second-order valence-corrected chi connectivity index (χ2v) is 5.58. The van der Waals surface area contributed by atoms with E-state index in [1.54, 1.807) is 17.3 Å². The Hall–Kier alpha value is -2.09. The molecule has 0 aromatic carbocycles. The monoisotopic (exact) mass is 290 g/mol. The average Bonchev–Trinajstić information content (AvgIpc) is 2.78. The Morgan fingerprint density at radius 3 is 2.90 bits per heavy atom. The number of aromatic nitrogens is 4. The molecule has 0 saturated carbocycles. The number of carbonyl (C=O) groups excluding carboxylic acids is 1. The molecule has 8 heteroatoms. The van der Waals surface area contributed by atoms with Crippen LogP contribution in [-0.4, -0.2) is 44.1 Å². The van der Waals surface area contributed by atoms with Crippen LogP contribution in [0.2, 0.25) is 0 Å². The summed E-state index contributed by atoms with van der Waals surface area (Å²) in [6.45, 7) is 4.89. The molecule has 1 N–H and O–H groups in total. The number of hydrogen-bond acceptors (Lipinski definition) is 7. The zero-order valence-electron chi connectivity index (χ0n) is 11.2. The summed E-state index contributed by atoms with van der Waals surface area (Å²) in [6, 6.07) is 1.87. The summed E-state index contributed by atoms with van der Waals surface area (Å²) in [6.07, 6.45) is 0. The molecule has 0 unspecified atom stereocenters. The molecule has 1 aliphatic rings. The highest BCUT2D eigenvalue weighted by Crippen LogP contribution is 2.26. The van der Waals surface area contributed by atoms with Crippen molar-refractivity contribution in [2.24, 2.45) is 0 Å². The first-order valence-electron chi connectivity index (χ1n) is 6.26. The topological polar surface area (TPSA) is 83.9 Å². The molecule has 0 spiro atoms. The maximum atomic E-state index is 11.2. The summed E-state index contributed by atoms with van der Waals surface area (Å²) in [4.78, 5) is 22.0. The molecular formula is C12H14N6OS. The summed E-state index contributed by atoms with van der Waals surface area (Å²) in [7, 11) is 0. The molecule has 1 amide bonds. The molecule has 0 radical (unpaired) electrons. The van der Waals surface area contributed by atoms with E-state index >= 15 is 0 Å². The first kappa shape index (κ1) is 12.9. The van der Waals surface area contributed by atoms with Crippen molar-refractivity contribution in [3.8, 4) is 0 Å². The molecule has 7 nitrogen and oxygen atoms in total. The third-order valence-electron chi connectivity index (χ3n) is 3.16. The molecule has 3 heterocycles. The van der Waals surface area contributed by atoms with Crippen LogP contribution in [0.15, 0.2) is 11.6 Å². The van der Waals surface area contributed by atoms with Gasteiger partial charge in [-0.2, -0.15) is 0 Å². The first-order valence-corrected chi connectivity index (χ1v) is 7.14. The summed E-state index contributed by atoms with van der Waals surface area (Å²) >= 11 is 1.42. The van der Waals surface area contributed by atoms with E-state index in [2.05, 4.69) is 25.5 Å². The minimum absolute atomic E-state index is 0.0983. The number of nitrogens with one attached hydrogen (secondary N) is 1. The molecule has 1 fully saturated rings. The van der Waals surface area contributed by atoms with Gasteiger partial charge in [-0.1, -0.05) is 11.3 Å². The third-order valence-corrected chi connectivity index (χ3v) is 3.77. The fourth-order valence-corrected chi connectivity index (χ4v) is 2.53. The van der Waals surface area contributed by atoms with E-state index in [-0.39, 0.29) is 11.8 Å². The van der Waals surface area contributed by atoms with Crippen molar-refractivity contribution in [2.45, 2.75) is 19.8 Å². The fourth-order valence-electron chi connectivity index (χ4n) is 2.07. The van der Waals surface area contributed by atoms with E-state index < -0.39 is 0 Å². The van der Waals surface area contributed by atoms with E-state index in [1.165, 1.54) is 11.3 Å². The van der Waals surface area contributed by atoms with Crippen LogP contribution in [0, 0.1) is 6.92 Å². The Morgan fingerprint density at radius 2 is 2.25 bits per heavy atom. The molecule has 0 atom stereocenters. The molecule has 104 valence electrons. The van der Waals surface area contributed by atoms with E-state index in [9.17, 15) is 4.79 Å². The number of aryl methyl sites for hydroxylation is 1. The van der Waals surface area contributed by atoms with Gasteiger partial charge in [-0.3, -0.25) is 4.79 Å². The van der Waals surface area contributed by atoms with Crippen LogP contribution in [-0.2, 0) is 4.79 Å². The smallest absolute Gasteiger partial charge is 0.219 e. The lowest BCUT2D eigenvalue weighted by Crippen LogP contribution is -2.48. The van der Waals surface area contributed by atoms with Crippen LogP contribution in [0.4, 0.5) is 10.9 Å². The Balaban J connectivity index is 1.76. The van der Waals surface area contributed by atoms with Gasteiger partial charge < -0.3 is 10.2 Å². The van der Waals surface area contributed by atoms with Crippen molar-refractivity contribution in [1.29, 1.82) is 0 Å². The third kappa shape index (κ3) is 2.60. The van der Waals surface area contributed by atoms with E-state index in [0.29, 0.717) is 24.0 Å². The number of hydrogen-bond donors (Lipinski definition) is 1. The van der Waals surface area contributed by atoms with Gasteiger partial charge in [0.15, 0.2) is 0 Å². The van der Waals surface area contributed by atoms with Crippen LogP contribution >= 0.6 is 11.3 Å². The minimum atomic E-state index is 0.0983. The quantitative estimate of drug-likeness (QED) is 0.918. The standard InChI is InChI=1S/C12H14N6OS/c1-7-3-10(16-12-17-13-6-20-12)15-11(14-7)9-4-18(5-9)8(2)19/h3,6,9H,4-5H2,1-2H3,(H,14,15,16,17). The van der Waals surface area contributed by atoms with Crippen molar-refractivity contribution in [3.05, 3.63) is 23.1 Å². The zero-order chi connectivity index (χ0) is 14.1. The number of nitrogens with zero attached hydrogens (tertiary/aromatic N) is 5. The molecule has 1 saturated heterocycles. The van der Waals surface area contributed by atoms with Crippen molar-refractivity contribution in [1.82, 2.24) is 25.1 Å². The average molecular weight is 290 g/mol. The van der Waals surface area contributed by atoms with E-state index in [1.807, 2.05) is 13.0 Å². The first-order chi connectivity index (χ1) is 9.61. The van der Waals surface area contributed by atoms with E-state index in [0.717, 1.165) is 11.5 Å². The Bertz CT molecular complexity index is 623. The molecular weight excluding hydrogens is 276 g/mol. The Morgan fingerprint density at radius 1 is 1.45 bits per heavy atom. The van der Waals surface area contributed by atoms with Crippen LogP contribution in [0.25, 0.3) is 0 Å². The van der Waals surface area contributed by atoms with E-state index in [4.69, 9.17) is 0 Å². The molecule has 3 rings (SSSR count). The van der Waals surface area contributed by atoms with Gasteiger partial charge in [0.25, 0.3) is 0 Å². The lowest BCUT2D eigenvalue weighted by Gasteiger charge is -2.37. The lowest BCUT2D eigenvalue weighted by molar-refractivity contribution is -0.133. The van der Waals surface area contributed by atoms with Gasteiger partial charge in [-0.15, -0.1) is 10.2 Å². The van der Waals surface area contributed by atoms with Gasteiger partial charge in [-0.05, 0) is 6.92 Å². The number of rotatable bonds is 3. The highest BCUT2D eigenvalue weighted by atomic mass is 32.1. The zero-order valence-corrected chi connectivity index (χ0v) is 12.0. The summed E-state index contributed by atoms with van der Waals surface area (Å²) < 4.78 is 0. The maximum absolute atomic E-state index is 11.2. The highest BCUT2D eigenvalue weighted by molar-refractivity contribution is 7.13. The van der Waals surface area contributed by atoms with Crippen LogP contribution in [0.1, 0.15) is 24.4 Å². The van der Waals surface area contributed by atoms with Crippen molar-refractivity contribution >= 4 is 28.2 Å². The second-order valence-electron chi connectivity index (χ2n) is 4.74. The summed E-state index contributed by atoms with van der Waals surface area (Å²) in [5, 5.41) is 11.5. The lowest BCUT2D eigenvalue weighted by atomic mass is 9.99. The minimum Gasteiger partial charge on any atom is -0.341 e. The highest BCUT2D eigenvalue weighted by Gasteiger charge is 2.32. The normalized spacial score (nSPS) is 15.0. The molecule has 0 aliphatic carbocycles. The maximum Gasteiger partial charge on any atom is 0.219 e. The predicted octanol–water partition coefficient (Wildman–Crippen LogP) is 1.33. The molecule has 0 bridgehead atoms. The number of amides is 1. The molecule has 1 aliphatic heterocycles. The second kappa shape index (κ2) is 5.12. The molecule has 2 aromatic heterocycles. The Kier molecular flexibility index (Phi) is 3.31. The van der Waals surface area contributed by atoms with Crippen LogP contribution < -0.4 is 5.32 Å². The van der Waals surface area contributed by atoms with Crippen molar-refractivity contribution in [2.75, 3.05) is 18.4 Å². The SMILES string of the molecule is CC(=O)N1CC(c2nc(C)cc(Nc3nncs3)n2)C1. The van der Waals surface area contributed by atoms with Gasteiger partial charge in [0, 0.05) is 31.8 Å². The number of carbonyl (C=O) groups is 1. The van der Waals surface area contributed by atoms with Crippen molar-refractivity contribution in [3.63, 3.8) is 0 Å². The van der Waals surface area contributed by atoms with Crippen LogP contribution in [0.5, 0.6) is 0 Å². The van der Waals surface area contributed by atoms with Crippen LogP contribution in [0.3, 0.4) is 0 Å². The van der Waals surface area contributed by atoms with Gasteiger partial charge in [0.1, 0.15) is 17.2 Å². The molecule has 20 heavy (non-hydrogen) atoms. The van der Waals surface area contributed by atoms with Gasteiger partial charge in [-0.25, -0.2) is 9.97 Å². The largest absolute Gasteiger partial charge is 0.341 e. The number of anilines is 2. The Labute approximate surface area is 120 Å². The van der Waals surface area contributed by atoms with Gasteiger partial charge in [0.2, 0.25) is 11.0 Å². The molecule has 2 aromatic rings. The van der Waals surface area contributed by atoms with Gasteiger partial charge >= 0.3 is 0 Å². The predicted molar refractivity (Wildman–Crippen MR) is 75.0 cm³/mol. The van der Waals surface area contributed by atoms with Gasteiger partial charge in [0.05, 0.1) is 5.92 Å². The van der Waals surface area contributed by atoms with Crippen molar-refractivity contribution < 1.29 is 4.79 Å².